The summed E-state index contributed by atoms with van der Waals surface area (Å²) in [5, 5.41) is 8.88. The third-order valence-electron chi connectivity index (χ3n) is 2.67. The Bertz CT molecular complexity index is 406. The number of rotatable bonds is 0. The van der Waals surface area contributed by atoms with E-state index in [1.165, 1.54) is 6.07 Å². The fraction of sp³-hybridized carbons (Fsp3) is 0.364. The molecule has 1 aromatic rings. The van der Waals surface area contributed by atoms with E-state index in [1.807, 2.05) is 7.05 Å². The average Bonchev–Trinajstić information content (AvgIpc) is 2.18. The van der Waals surface area contributed by atoms with Gasteiger partial charge < -0.3 is 4.90 Å². The number of nitriles is 1. The largest absolute Gasteiger partial charge is 0.302 e. The molecule has 14 heavy (non-hydrogen) atoms. The van der Waals surface area contributed by atoms with Crippen LogP contribution < -0.4 is 0 Å². The summed E-state index contributed by atoms with van der Waals surface area (Å²) >= 11 is 0. The van der Waals surface area contributed by atoms with Gasteiger partial charge in [-0.2, -0.15) is 5.26 Å². The van der Waals surface area contributed by atoms with Crippen LogP contribution in [0.5, 0.6) is 0 Å². The van der Waals surface area contributed by atoms with Gasteiger partial charge in [0.15, 0.2) is 0 Å². The van der Waals surface area contributed by atoms with Crippen LogP contribution in [-0.4, -0.2) is 18.5 Å². The number of hydrogen-bond donors (Lipinski definition) is 0. The van der Waals surface area contributed by atoms with Gasteiger partial charge in [-0.15, -0.1) is 0 Å². The SMILES string of the molecule is CN1CCc2c(F)ccc(C#N)c2C1. The van der Waals surface area contributed by atoms with E-state index < -0.39 is 0 Å². The molecule has 2 rings (SSSR count). The maximum atomic E-state index is 13.4. The molecule has 72 valence electrons. The van der Waals surface area contributed by atoms with Crippen molar-refractivity contribution in [3.8, 4) is 6.07 Å². The van der Waals surface area contributed by atoms with Crippen molar-refractivity contribution in [2.45, 2.75) is 13.0 Å². The van der Waals surface area contributed by atoms with E-state index in [0.717, 1.165) is 17.7 Å². The topological polar surface area (TPSA) is 27.0 Å². The molecule has 0 aromatic heterocycles. The number of nitrogens with zero attached hydrogens (tertiary/aromatic N) is 2. The van der Waals surface area contributed by atoms with E-state index >= 15 is 0 Å². The van der Waals surface area contributed by atoms with Crippen molar-refractivity contribution in [2.24, 2.45) is 0 Å². The lowest BCUT2D eigenvalue weighted by Gasteiger charge is -2.25. The van der Waals surface area contributed by atoms with Gasteiger partial charge >= 0.3 is 0 Å². The minimum absolute atomic E-state index is 0.174. The molecule has 0 amide bonds. The lowest BCUT2D eigenvalue weighted by molar-refractivity contribution is 0.308. The standard InChI is InChI=1S/C11H11FN2/c1-14-5-4-9-10(7-14)8(6-13)2-3-11(9)12/h2-3H,4-5,7H2,1H3. The van der Waals surface area contributed by atoms with Gasteiger partial charge in [-0.05, 0) is 36.7 Å². The van der Waals surface area contributed by atoms with Crippen LogP contribution in [0.4, 0.5) is 4.39 Å². The van der Waals surface area contributed by atoms with Crippen molar-refractivity contribution in [1.29, 1.82) is 5.26 Å². The van der Waals surface area contributed by atoms with E-state index in [9.17, 15) is 4.39 Å². The van der Waals surface area contributed by atoms with E-state index in [1.54, 1.807) is 6.07 Å². The Morgan fingerprint density at radius 1 is 1.43 bits per heavy atom. The molecule has 1 aliphatic rings. The van der Waals surface area contributed by atoms with Crippen LogP contribution >= 0.6 is 0 Å². The summed E-state index contributed by atoms with van der Waals surface area (Å²) in [5.74, 6) is -0.174. The summed E-state index contributed by atoms with van der Waals surface area (Å²) < 4.78 is 13.4. The van der Waals surface area contributed by atoms with Gasteiger partial charge in [-0.3, -0.25) is 0 Å². The fourth-order valence-corrected chi connectivity index (χ4v) is 1.87. The Hall–Kier alpha value is -1.40. The quantitative estimate of drug-likeness (QED) is 0.622. The van der Waals surface area contributed by atoms with Crippen molar-refractivity contribution in [1.82, 2.24) is 4.90 Å². The van der Waals surface area contributed by atoms with Gasteiger partial charge in [0.05, 0.1) is 11.6 Å². The van der Waals surface area contributed by atoms with Gasteiger partial charge in [0.2, 0.25) is 0 Å². The summed E-state index contributed by atoms with van der Waals surface area (Å²) in [6.45, 7) is 1.54. The molecule has 1 aromatic carbocycles. The van der Waals surface area contributed by atoms with Crippen molar-refractivity contribution < 1.29 is 4.39 Å². The Morgan fingerprint density at radius 3 is 2.93 bits per heavy atom. The predicted molar refractivity (Wildman–Crippen MR) is 51.2 cm³/mol. The molecule has 0 atom stereocenters. The first-order valence-electron chi connectivity index (χ1n) is 4.61. The molecule has 3 heteroatoms. The van der Waals surface area contributed by atoms with Gasteiger partial charge in [-0.1, -0.05) is 0 Å². The van der Waals surface area contributed by atoms with Crippen LogP contribution in [-0.2, 0) is 13.0 Å². The Labute approximate surface area is 82.6 Å². The van der Waals surface area contributed by atoms with E-state index in [-0.39, 0.29) is 5.82 Å². The van der Waals surface area contributed by atoms with Gasteiger partial charge in [0.25, 0.3) is 0 Å². The third kappa shape index (κ3) is 1.38. The molecule has 0 saturated heterocycles. The first-order valence-corrected chi connectivity index (χ1v) is 4.61. The predicted octanol–water partition coefficient (Wildman–Crippen LogP) is 1.69. The number of benzene rings is 1. The van der Waals surface area contributed by atoms with Crippen molar-refractivity contribution >= 4 is 0 Å². The Morgan fingerprint density at radius 2 is 2.21 bits per heavy atom. The van der Waals surface area contributed by atoms with Crippen molar-refractivity contribution in [3.05, 3.63) is 34.6 Å². The van der Waals surface area contributed by atoms with E-state index in [2.05, 4.69) is 11.0 Å². The molecule has 1 heterocycles. The fourth-order valence-electron chi connectivity index (χ4n) is 1.87. The number of halogens is 1. The molecule has 0 spiro atoms. The lowest BCUT2D eigenvalue weighted by atomic mass is 9.95. The summed E-state index contributed by atoms with van der Waals surface area (Å²) in [6.07, 6.45) is 0.702. The highest BCUT2D eigenvalue weighted by Crippen LogP contribution is 2.23. The second-order valence-corrected chi connectivity index (χ2v) is 3.65. The monoisotopic (exact) mass is 190 g/mol. The van der Waals surface area contributed by atoms with E-state index in [4.69, 9.17) is 5.26 Å². The first kappa shape index (κ1) is 9.17. The first-order chi connectivity index (χ1) is 6.72. The van der Waals surface area contributed by atoms with Crippen molar-refractivity contribution in [2.75, 3.05) is 13.6 Å². The second-order valence-electron chi connectivity index (χ2n) is 3.65. The third-order valence-corrected chi connectivity index (χ3v) is 2.67. The van der Waals surface area contributed by atoms with Crippen LogP contribution in [0.3, 0.4) is 0 Å². The zero-order valence-corrected chi connectivity index (χ0v) is 8.05. The second kappa shape index (κ2) is 3.39. The van der Waals surface area contributed by atoms with Gasteiger partial charge in [0, 0.05) is 13.1 Å². The summed E-state index contributed by atoms with van der Waals surface area (Å²) in [5.41, 5.74) is 2.19. The van der Waals surface area contributed by atoms with E-state index in [0.29, 0.717) is 18.5 Å². The number of likely N-dealkylation sites (N-methyl/N-ethyl adjacent to an activating group) is 1. The summed E-state index contributed by atoms with van der Waals surface area (Å²) in [4.78, 5) is 2.10. The number of fused-ring (bicyclic) bond motifs is 1. The molecule has 0 saturated carbocycles. The summed E-state index contributed by atoms with van der Waals surface area (Å²) in [7, 11) is 1.98. The molecule has 0 bridgehead atoms. The molecule has 0 unspecified atom stereocenters. The highest BCUT2D eigenvalue weighted by atomic mass is 19.1. The minimum Gasteiger partial charge on any atom is -0.302 e. The minimum atomic E-state index is -0.174. The average molecular weight is 190 g/mol. The van der Waals surface area contributed by atoms with Gasteiger partial charge in [0.1, 0.15) is 5.82 Å². The zero-order chi connectivity index (χ0) is 10.1. The van der Waals surface area contributed by atoms with Crippen LogP contribution in [0.15, 0.2) is 12.1 Å². The lowest BCUT2D eigenvalue weighted by Crippen LogP contribution is -2.28. The molecule has 0 radical (unpaired) electrons. The Balaban J connectivity index is 2.56. The molecule has 0 N–H and O–H groups in total. The smallest absolute Gasteiger partial charge is 0.126 e. The summed E-state index contributed by atoms with van der Waals surface area (Å²) in [6, 6.07) is 5.06. The van der Waals surface area contributed by atoms with Crippen molar-refractivity contribution in [3.63, 3.8) is 0 Å². The van der Waals surface area contributed by atoms with Gasteiger partial charge in [-0.25, -0.2) is 4.39 Å². The highest BCUT2D eigenvalue weighted by Gasteiger charge is 2.19. The normalized spacial score (nSPS) is 16.1. The zero-order valence-electron chi connectivity index (χ0n) is 8.05. The van der Waals surface area contributed by atoms with Crippen LogP contribution in [0, 0.1) is 17.1 Å². The Kier molecular flexibility index (Phi) is 2.22. The molecule has 1 aliphatic heterocycles. The number of hydrogen-bond acceptors (Lipinski definition) is 2. The van der Waals surface area contributed by atoms with Crippen LogP contribution in [0.1, 0.15) is 16.7 Å². The highest BCUT2D eigenvalue weighted by molar-refractivity contribution is 5.44. The molecule has 2 nitrogen and oxygen atoms in total. The van der Waals surface area contributed by atoms with Crippen LogP contribution in [0.25, 0.3) is 0 Å². The molecule has 0 aliphatic carbocycles. The molecular weight excluding hydrogens is 179 g/mol. The molecule has 0 fully saturated rings. The maximum Gasteiger partial charge on any atom is 0.126 e. The van der Waals surface area contributed by atoms with Crippen LogP contribution in [0.2, 0.25) is 0 Å². The maximum absolute atomic E-state index is 13.4. The molecular formula is C11H11FN2.